The summed E-state index contributed by atoms with van der Waals surface area (Å²) < 4.78 is 0. The van der Waals surface area contributed by atoms with Gasteiger partial charge in [0.2, 0.25) is 0 Å². The zero-order valence-electron chi connectivity index (χ0n) is 12.3. The third-order valence-corrected chi connectivity index (χ3v) is 4.86. The SMILES string of the molecule is C1=C(CC2=Cc3cccc4cccc2c34)Cc2ccccc21. The summed E-state index contributed by atoms with van der Waals surface area (Å²) in [6.07, 6.45) is 6.91. The predicted octanol–water partition coefficient (Wildman–Crippen LogP) is 5.72. The molecule has 0 nitrogen and oxygen atoms in total. The lowest BCUT2D eigenvalue weighted by molar-refractivity contribution is 1.13. The van der Waals surface area contributed by atoms with Gasteiger partial charge in [-0.2, -0.15) is 0 Å². The normalized spacial score (nSPS) is 14.9. The van der Waals surface area contributed by atoms with Gasteiger partial charge in [0.1, 0.15) is 0 Å². The summed E-state index contributed by atoms with van der Waals surface area (Å²) in [5.41, 5.74) is 8.64. The molecule has 0 bridgehead atoms. The number of allylic oxidation sites excluding steroid dienone is 2. The molecule has 2 aliphatic carbocycles. The Balaban J connectivity index is 1.54. The van der Waals surface area contributed by atoms with E-state index in [4.69, 9.17) is 0 Å². The molecule has 0 atom stereocenters. The van der Waals surface area contributed by atoms with Crippen molar-refractivity contribution in [2.45, 2.75) is 12.8 Å². The molecule has 2 aliphatic rings. The van der Waals surface area contributed by atoms with E-state index in [-0.39, 0.29) is 0 Å². The van der Waals surface area contributed by atoms with E-state index in [0.29, 0.717) is 0 Å². The van der Waals surface area contributed by atoms with Crippen LogP contribution in [0, 0.1) is 0 Å². The van der Waals surface area contributed by atoms with Crippen LogP contribution >= 0.6 is 0 Å². The average molecular weight is 280 g/mol. The Morgan fingerprint density at radius 2 is 1.55 bits per heavy atom. The van der Waals surface area contributed by atoms with E-state index in [9.17, 15) is 0 Å². The molecule has 0 amide bonds. The molecule has 3 aromatic rings. The minimum atomic E-state index is 1.06. The molecule has 5 rings (SSSR count). The first-order chi connectivity index (χ1) is 10.9. The van der Waals surface area contributed by atoms with Crippen LogP contribution in [0.5, 0.6) is 0 Å². The molecule has 0 radical (unpaired) electrons. The summed E-state index contributed by atoms with van der Waals surface area (Å²) in [6, 6.07) is 22.0. The molecular formula is C22H16. The number of fused-ring (bicyclic) bond motifs is 1. The fourth-order valence-corrected chi connectivity index (χ4v) is 3.88. The summed E-state index contributed by atoms with van der Waals surface area (Å²) in [5, 5.41) is 2.78. The maximum absolute atomic E-state index is 2.38. The zero-order valence-corrected chi connectivity index (χ0v) is 12.3. The predicted molar refractivity (Wildman–Crippen MR) is 94.6 cm³/mol. The minimum absolute atomic E-state index is 1.06. The summed E-state index contributed by atoms with van der Waals surface area (Å²) >= 11 is 0. The fraction of sp³-hybridized carbons (Fsp3) is 0.0909. The second kappa shape index (κ2) is 4.45. The minimum Gasteiger partial charge on any atom is -0.0619 e. The molecular weight excluding hydrogens is 264 g/mol. The number of rotatable bonds is 2. The molecule has 0 N–H and O–H groups in total. The van der Waals surface area contributed by atoms with Gasteiger partial charge in [-0.15, -0.1) is 0 Å². The first-order valence-corrected chi connectivity index (χ1v) is 7.88. The quantitative estimate of drug-likeness (QED) is 0.563. The molecule has 0 fully saturated rings. The van der Waals surface area contributed by atoms with Gasteiger partial charge in [0.05, 0.1) is 0 Å². The van der Waals surface area contributed by atoms with Gasteiger partial charge in [-0.3, -0.25) is 0 Å². The fourth-order valence-electron chi connectivity index (χ4n) is 3.88. The second-order valence-corrected chi connectivity index (χ2v) is 6.28. The van der Waals surface area contributed by atoms with Gasteiger partial charge < -0.3 is 0 Å². The Morgan fingerprint density at radius 3 is 2.45 bits per heavy atom. The van der Waals surface area contributed by atoms with Gasteiger partial charge in [0.25, 0.3) is 0 Å². The smallest absolute Gasteiger partial charge is 0.00359 e. The molecule has 22 heavy (non-hydrogen) atoms. The lowest BCUT2D eigenvalue weighted by atomic mass is 9.97. The van der Waals surface area contributed by atoms with Gasteiger partial charge in [0.15, 0.2) is 0 Å². The molecule has 0 saturated carbocycles. The molecule has 0 aromatic heterocycles. The number of hydrogen-bond donors (Lipinski definition) is 0. The van der Waals surface area contributed by atoms with Crippen LogP contribution in [-0.4, -0.2) is 0 Å². The second-order valence-electron chi connectivity index (χ2n) is 6.28. The van der Waals surface area contributed by atoms with Crippen LogP contribution < -0.4 is 0 Å². The van der Waals surface area contributed by atoms with Gasteiger partial charge in [-0.1, -0.05) is 78.4 Å². The molecule has 0 heteroatoms. The first kappa shape index (κ1) is 12.0. The van der Waals surface area contributed by atoms with Gasteiger partial charge >= 0.3 is 0 Å². The topological polar surface area (TPSA) is 0 Å². The molecule has 0 spiro atoms. The Kier molecular flexibility index (Phi) is 2.42. The third-order valence-electron chi connectivity index (χ3n) is 4.86. The lowest BCUT2D eigenvalue weighted by Gasteiger charge is -2.07. The highest BCUT2D eigenvalue weighted by atomic mass is 14.2. The largest absolute Gasteiger partial charge is 0.0619 e. The van der Waals surface area contributed by atoms with Crippen LogP contribution in [0.1, 0.15) is 28.7 Å². The Morgan fingerprint density at radius 1 is 0.727 bits per heavy atom. The monoisotopic (exact) mass is 280 g/mol. The highest BCUT2D eigenvalue weighted by Crippen LogP contribution is 2.41. The van der Waals surface area contributed by atoms with Crippen molar-refractivity contribution >= 4 is 28.5 Å². The van der Waals surface area contributed by atoms with Crippen molar-refractivity contribution in [2.75, 3.05) is 0 Å². The highest BCUT2D eigenvalue weighted by Gasteiger charge is 2.19. The Bertz CT molecular complexity index is 965. The van der Waals surface area contributed by atoms with E-state index in [1.807, 2.05) is 0 Å². The van der Waals surface area contributed by atoms with Crippen LogP contribution in [0.25, 0.3) is 28.5 Å². The van der Waals surface area contributed by atoms with Gasteiger partial charge in [0, 0.05) is 0 Å². The molecule has 0 heterocycles. The van der Waals surface area contributed by atoms with E-state index in [1.54, 1.807) is 0 Å². The Labute approximate surface area is 130 Å². The van der Waals surface area contributed by atoms with Crippen molar-refractivity contribution in [2.24, 2.45) is 0 Å². The molecule has 0 unspecified atom stereocenters. The van der Waals surface area contributed by atoms with Crippen molar-refractivity contribution in [1.82, 2.24) is 0 Å². The maximum atomic E-state index is 2.38. The lowest BCUT2D eigenvalue weighted by Crippen LogP contribution is -1.88. The maximum Gasteiger partial charge on any atom is -0.00359 e. The van der Waals surface area contributed by atoms with Gasteiger partial charge in [-0.05, 0) is 51.4 Å². The Hall–Kier alpha value is -2.60. The molecule has 3 aromatic carbocycles. The van der Waals surface area contributed by atoms with Crippen LogP contribution in [0.2, 0.25) is 0 Å². The van der Waals surface area contributed by atoms with E-state index in [1.165, 1.54) is 44.2 Å². The van der Waals surface area contributed by atoms with Crippen molar-refractivity contribution < 1.29 is 0 Å². The molecule has 0 aliphatic heterocycles. The summed E-state index contributed by atoms with van der Waals surface area (Å²) in [5.74, 6) is 0. The zero-order chi connectivity index (χ0) is 14.5. The standard InChI is InChI=1S/C22H16/c1-2-6-18-12-15(11-17(18)5-1)13-20-14-19-9-3-7-16-8-4-10-21(20)22(16)19/h1-11,14H,12-13H2. The van der Waals surface area contributed by atoms with E-state index in [2.05, 4.69) is 72.8 Å². The number of hydrogen-bond acceptors (Lipinski definition) is 0. The first-order valence-electron chi connectivity index (χ1n) is 7.88. The van der Waals surface area contributed by atoms with Crippen LogP contribution in [-0.2, 0) is 6.42 Å². The molecule has 0 saturated heterocycles. The van der Waals surface area contributed by atoms with Crippen LogP contribution in [0.4, 0.5) is 0 Å². The summed E-state index contributed by atoms with van der Waals surface area (Å²) in [7, 11) is 0. The van der Waals surface area contributed by atoms with Crippen molar-refractivity contribution in [1.29, 1.82) is 0 Å². The average Bonchev–Trinajstić information content (AvgIpc) is 3.11. The van der Waals surface area contributed by atoms with Gasteiger partial charge in [-0.25, -0.2) is 0 Å². The van der Waals surface area contributed by atoms with Crippen LogP contribution in [0.15, 0.2) is 66.2 Å². The number of benzene rings is 3. The molecule has 104 valence electrons. The third kappa shape index (κ3) is 1.70. The van der Waals surface area contributed by atoms with E-state index >= 15 is 0 Å². The summed E-state index contributed by atoms with van der Waals surface area (Å²) in [4.78, 5) is 0. The van der Waals surface area contributed by atoms with Crippen LogP contribution in [0.3, 0.4) is 0 Å². The van der Waals surface area contributed by atoms with E-state index < -0.39 is 0 Å². The highest BCUT2D eigenvalue weighted by molar-refractivity contribution is 6.09. The van der Waals surface area contributed by atoms with Crippen molar-refractivity contribution in [3.05, 3.63) is 88.5 Å². The summed E-state index contributed by atoms with van der Waals surface area (Å²) in [6.45, 7) is 0. The van der Waals surface area contributed by atoms with Crippen molar-refractivity contribution in [3.8, 4) is 0 Å². The van der Waals surface area contributed by atoms with Crippen molar-refractivity contribution in [3.63, 3.8) is 0 Å². The van der Waals surface area contributed by atoms with E-state index in [0.717, 1.165) is 12.8 Å².